The van der Waals surface area contributed by atoms with E-state index in [-0.39, 0.29) is 12.6 Å². The fraction of sp³-hybridized carbons (Fsp3) is 0.857. The third-order valence-corrected chi connectivity index (χ3v) is 1.79. The topological polar surface area (TPSA) is 20.3 Å². The van der Waals surface area contributed by atoms with E-state index >= 15 is 0 Å². The SMILES string of the molecule is O=CC1CN(CCCF)C1. The average molecular weight is 145 g/mol. The van der Waals surface area contributed by atoms with Gasteiger partial charge in [0.05, 0.1) is 6.67 Å². The minimum atomic E-state index is -0.248. The molecule has 58 valence electrons. The van der Waals surface area contributed by atoms with E-state index in [0.717, 1.165) is 25.9 Å². The normalized spacial score (nSPS) is 20.5. The number of nitrogens with zero attached hydrogens (tertiary/aromatic N) is 1. The Hall–Kier alpha value is -0.440. The van der Waals surface area contributed by atoms with Crippen LogP contribution in [0, 0.1) is 5.92 Å². The summed E-state index contributed by atoms with van der Waals surface area (Å²) < 4.78 is 11.6. The number of hydrogen-bond donors (Lipinski definition) is 0. The lowest BCUT2D eigenvalue weighted by Crippen LogP contribution is -2.47. The molecule has 0 radical (unpaired) electrons. The average Bonchev–Trinajstić information content (AvgIpc) is 1.86. The van der Waals surface area contributed by atoms with Crippen LogP contribution in [0.15, 0.2) is 0 Å². The molecule has 1 rings (SSSR count). The van der Waals surface area contributed by atoms with Gasteiger partial charge in [-0.05, 0) is 6.42 Å². The number of alkyl halides is 1. The molecule has 0 atom stereocenters. The molecule has 2 nitrogen and oxygen atoms in total. The first-order chi connectivity index (χ1) is 4.86. The van der Waals surface area contributed by atoms with Crippen LogP contribution in [-0.4, -0.2) is 37.5 Å². The number of carbonyl (C=O) groups excluding carboxylic acids is 1. The van der Waals surface area contributed by atoms with Crippen molar-refractivity contribution in [3.8, 4) is 0 Å². The van der Waals surface area contributed by atoms with Crippen molar-refractivity contribution < 1.29 is 9.18 Å². The highest BCUT2D eigenvalue weighted by atomic mass is 19.1. The summed E-state index contributed by atoms with van der Waals surface area (Å²) in [5, 5.41) is 0. The Morgan fingerprint density at radius 3 is 2.80 bits per heavy atom. The molecule has 1 heterocycles. The lowest BCUT2D eigenvalue weighted by molar-refractivity contribution is -0.115. The van der Waals surface area contributed by atoms with Crippen LogP contribution in [0.5, 0.6) is 0 Å². The van der Waals surface area contributed by atoms with Crippen LogP contribution in [0.3, 0.4) is 0 Å². The van der Waals surface area contributed by atoms with Crippen molar-refractivity contribution in [2.45, 2.75) is 6.42 Å². The molecule has 1 aliphatic rings. The van der Waals surface area contributed by atoms with Gasteiger partial charge in [0, 0.05) is 25.6 Å². The van der Waals surface area contributed by atoms with Crippen molar-refractivity contribution >= 4 is 6.29 Å². The molecule has 0 saturated carbocycles. The molecule has 0 bridgehead atoms. The number of carbonyl (C=O) groups is 1. The van der Waals surface area contributed by atoms with Crippen molar-refractivity contribution in [2.75, 3.05) is 26.3 Å². The standard InChI is InChI=1S/C7H12FNO/c8-2-1-3-9-4-7(5-9)6-10/h6-7H,1-5H2. The molecule has 1 saturated heterocycles. The summed E-state index contributed by atoms with van der Waals surface area (Å²) in [6, 6.07) is 0. The van der Waals surface area contributed by atoms with Crippen LogP contribution in [0.1, 0.15) is 6.42 Å². The van der Waals surface area contributed by atoms with Gasteiger partial charge in [0.1, 0.15) is 6.29 Å². The molecule has 0 aromatic carbocycles. The van der Waals surface area contributed by atoms with Crippen molar-refractivity contribution in [1.82, 2.24) is 4.90 Å². The Kier molecular flexibility index (Phi) is 2.81. The van der Waals surface area contributed by atoms with Gasteiger partial charge in [-0.1, -0.05) is 0 Å². The maximum Gasteiger partial charge on any atom is 0.125 e. The zero-order valence-corrected chi connectivity index (χ0v) is 5.92. The molecule has 0 aliphatic carbocycles. The van der Waals surface area contributed by atoms with E-state index in [9.17, 15) is 9.18 Å². The van der Waals surface area contributed by atoms with Crippen LogP contribution < -0.4 is 0 Å². The summed E-state index contributed by atoms with van der Waals surface area (Å²) in [6.45, 7) is 2.23. The molecule has 0 N–H and O–H groups in total. The maximum atomic E-state index is 11.6. The molecule has 1 aliphatic heterocycles. The molecule has 10 heavy (non-hydrogen) atoms. The number of rotatable bonds is 4. The summed E-state index contributed by atoms with van der Waals surface area (Å²) in [4.78, 5) is 12.2. The molecule has 0 unspecified atom stereocenters. The number of aldehydes is 1. The van der Waals surface area contributed by atoms with E-state index in [1.165, 1.54) is 0 Å². The minimum absolute atomic E-state index is 0.222. The molecule has 0 aromatic rings. The second-order valence-corrected chi connectivity index (χ2v) is 2.70. The van der Waals surface area contributed by atoms with Gasteiger partial charge in [-0.2, -0.15) is 0 Å². The highest BCUT2D eigenvalue weighted by Crippen LogP contribution is 2.12. The van der Waals surface area contributed by atoms with Gasteiger partial charge >= 0.3 is 0 Å². The highest BCUT2D eigenvalue weighted by Gasteiger charge is 2.24. The first-order valence-corrected chi connectivity index (χ1v) is 3.60. The van der Waals surface area contributed by atoms with E-state index in [1.54, 1.807) is 0 Å². The quantitative estimate of drug-likeness (QED) is 0.536. The lowest BCUT2D eigenvalue weighted by atomic mass is 10.0. The zero-order chi connectivity index (χ0) is 7.40. The van der Waals surface area contributed by atoms with E-state index < -0.39 is 0 Å². The van der Waals surface area contributed by atoms with Crippen LogP contribution in [0.25, 0.3) is 0 Å². The fourth-order valence-electron chi connectivity index (χ4n) is 1.16. The molecule has 0 amide bonds. The van der Waals surface area contributed by atoms with Crippen LogP contribution >= 0.6 is 0 Å². The Balaban J connectivity index is 1.97. The second-order valence-electron chi connectivity index (χ2n) is 2.70. The van der Waals surface area contributed by atoms with Crippen molar-refractivity contribution in [1.29, 1.82) is 0 Å². The third kappa shape index (κ3) is 1.77. The monoisotopic (exact) mass is 145 g/mol. The minimum Gasteiger partial charge on any atom is -0.303 e. The summed E-state index contributed by atoms with van der Waals surface area (Å²) in [5.41, 5.74) is 0. The third-order valence-electron chi connectivity index (χ3n) is 1.79. The first kappa shape index (κ1) is 7.66. The highest BCUT2D eigenvalue weighted by molar-refractivity contribution is 5.55. The molecule has 3 heteroatoms. The van der Waals surface area contributed by atoms with Gasteiger partial charge in [-0.25, -0.2) is 0 Å². The van der Waals surface area contributed by atoms with Crippen LogP contribution in [0.2, 0.25) is 0 Å². The van der Waals surface area contributed by atoms with Gasteiger partial charge in [-0.15, -0.1) is 0 Å². The van der Waals surface area contributed by atoms with E-state index in [4.69, 9.17) is 0 Å². The molecule has 0 aromatic heterocycles. The Morgan fingerprint density at radius 2 is 2.30 bits per heavy atom. The number of likely N-dealkylation sites (tertiary alicyclic amines) is 1. The molecular formula is C7H12FNO. The number of halogens is 1. The maximum absolute atomic E-state index is 11.6. The van der Waals surface area contributed by atoms with Crippen molar-refractivity contribution in [3.63, 3.8) is 0 Å². The Labute approximate surface area is 60.0 Å². The smallest absolute Gasteiger partial charge is 0.125 e. The van der Waals surface area contributed by atoms with Gasteiger partial charge in [-0.3, -0.25) is 4.39 Å². The van der Waals surface area contributed by atoms with E-state index in [1.807, 2.05) is 0 Å². The molecular weight excluding hydrogens is 133 g/mol. The van der Waals surface area contributed by atoms with Crippen LogP contribution in [0.4, 0.5) is 4.39 Å². The molecule has 0 spiro atoms. The Bertz CT molecular complexity index is 112. The predicted octanol–water partition coefficient (Wildman–Crippen LogP) is 0.477. The van der Waals surface area contributed by atoms with Gasteiger partial charge < -0.3 is 9.69 Å². The summed E-state index contributed by atoms with van der Waals surface area (Å²) in [7, 11) is 0. The molecule has 1 fully saturated rings. The largest absolute Gasteiger partial charge is 0.303 e. The van der Waals surface area contributed by atoms with Crippen molar-refractivity contribution in [2.24, 2.45) is 5.92 Å². The van der Waals surface area contributed by atoms with Gasteiger partial charge in [0.2, 0.25) is 0 Å². The summed E-state index contributed by atoms with van der Waals surface area (Å²) >= 11 is 0. The summed E-state index contributed by atoms with van der Waals surface area (Å²) in [5.74, 6) is 0.222. The van der Waals surface area contributed by atoms with Crippen molar-refractivity contribution in [3.05, 3.63) is 0 Å². The van der Waals surface area contributed by atoms with Crippen LogP contribution in [-0.2, 0) is 4.79 Å². The first-order valence-electron chi connectivity index (χ1n) is 3.60. The fourth-order valence-corrected chi connectivity index (χ4v) is 1.16. The predicted molar refractivity (Wildman–Crippen MR) is 36.6 cm³/mol. The number of hydrogen-bond acceptors (Lipinski definition) is 2. The van der Waals surface area contributed by atoms with E-state index in [0.29, 0.717) is 6.42 Å². The van der Waals surface area contributed by atoms with Gasteiger partial charge in [0.15, 0.2) is 0 Å². The summed E-state index contributed by atoms with van der Waals surface area (Å²) in [6.07, 6.45) is 1.58. The lowest BCUT2D eigenvalue weighted by Gasteiger charge is -2.35. The van der Waals surface area contributed by atoms with Gasteiger partial charge in [0.25, 0.3) is 0 Å². The van der Waals surface area contributed by atoms with E-state index in [2.05, 4.69) is 4.90 Å². The second kappa shape index (κ2) is 3.66. The zero-order valence-electron chi connectivity index (χ0n) is 5.92. The Morgan fingerprint density at radius 1 is 1.60 bits per heavy atom.